The predicted molar refractivity (Wildman–Crippen MR) is 77.2 cm³/mol. The van der Waals surface area contributed by atoms with Gasteiger partial charge in [0.15, 0.2) is 0 Å². The van der Waals surface area contributed by atoms with Crippen LogP contribution in [-0.4, -0.2) is 41.1 Å². The van der Waals surface area contributed by atoms with E-state index in [4.69, 9.17) is 0 Å². The third-order valence-corrected chi connectivity index (χ3v) is 4.32. The van der Waals surface area contributed by atoms with Gasteiger partial charge in [0.25, 0.3) is 0 Å². The Morgan fingerprint density at radius 2 is 2.19 bits per heavy atom. The molecule has 21 heavy (non-hydrogen) atoms. The molecule has 0 atom stereocenters. The van der Waals surface area contributed by atoms with Crippen LogP contribution in [0.2, 0.25) is 0 Å². The Balaban J connectivity index is 1.81. The highest BCUT2D eigenvalue weighted by molar-refractivity contribution is 7.90. The molecular weight excluding hydrogens is 288 g/mol. The summed E-state index contributed by atoms with van der Waals surface area (Å²) in [6.45, 7) is 2.32. The first-order valence-corrected chi connectivity index (χ1v) is 8.57. The zero-order chi connectivity index (χ0) is 14.9. The average Bonchev–Trinajstić information content (AvgIpc) is 2.46. The molecule has 3 rings (SSSR count). The molecule has 0 radical (unpaired) electrons. The predicted octanol–water partition coefficient (Wildman–Crippen LogP) is 0.833. The Morgan fingerprint density at radius 3 is 2.90 bits per heavy atom. The number of hydrogen-bond donors (Lipinski definition) is 0. The van der Waals surface area contributed by atoms with Gasteiger partial charge in [0.2, 0.25) is 15.0 Å². The van der Waals surface area contributed by atoms with E-state index < -0.39 is 9.84 Å². The molecule has 0 fully saturated rings. The molecule has 0 N–H and O–H groups in total. The highest BCUT2D eigenvalue weighted by Gasteiger charge is 2.21. The molecule has 0 aliphatic carbocycles. The van der Waals surface area contributed by atoms with Crippen molar-refractivity contribution in [2.24, 2.45) is 0 Å². The van der Waals surface area contributed by atoms with E-state index in [0.29, 0.717) is 6.54 Å². The van der Waals surface area contributed by atoms with Gasteiger partial charge in [-0.1, -0.05) is 6.07 Å². The monoisotopic (exact) mass is 304 g/mol. The second kappa shape index (κ2) is 5.50. The second-order valence-corrected chi connectivity index (χ2v) is 7.13. The average molecular weight is 304 g/mol. The molecular formula is C14H16N4O2S. The fourth-order valence-electron chi connectivity index (χ4n) is 2.40. The van der Waals surface area contributed by atoms with E-state index in [9.17, 15) is 8.42 Å². The minimum atomic E-state index is -3.36. The first kappa shape index (κ1) is 14.1. The number of hydrogen-bond acceptors (Lipinski definition) is 6. The number of rotatable bonds is 3. The zero-order valence-corrected chi connectivity index (χ0v) is 12.5. The minimum Gasteiger partial charge on any atom is -0.293 e. The molecule has 6 nitrogen and oxygen atoms in total. The third kappa shape index (κ3) is 3.25. The summed E-state index contributed by atoms with van der Waals surface area (Å²) >= 11 is 0. The maximum absolute atomic E-state index is 11.5. The summed E-state index contributed by atoms with van der Waals surface area (Å²) in [6.07, 6.45) is 7.20. The summed E-state index contributed by atoms with van der Waals surface area (Å²) in [5.41, 5.74) is 2.98. The van der Waals surface area contributed by atoms with Gasteiger partial charge in [-0.25, -0.2) is 18.4 Å². The van der Waals surface area contributed by atoms with Crippen LogP contribution in [0, 0.1) is 0 Å². The lowest BCUT2D eigenvalue weighted by molar-refractivity contribution is 0.239. The van der Waals surface area contributed by atoms with Gasteiger partial charge in [-0.3, -0.25) is 9.88 Å². The smallest absolute Gasteiger partial charge is 0.247 e. The van der Waals surface area contributed by atoms with E-state index in [-0.39, 0.29) is 5.16 Å². The van der Waals surface area contributed by atoms with Crippen molar-refractivity contribution in [3.63, 3.8) is 0 Å². The Hall–Kier alpha value is -1.86. The van der Waals surface area contributed by atoms with Crippen LogP contribution < -0.4 is 0 Å². The lowest BCUT2D eigenvalue weighted by Gasteiger charge is -2.27. The standard InChI is InChI=1S/C14H16N4O2S/c1-21(19,20)14-16-8-12-4-6-18(10-13(12)17-14)9-11-3-2-5-15-7-11/h2-3,5,7-8H,4,6,9-10H2,1H3. The van der Waals surface area contributed by atoms with Gasteiger partial charge in [0.1, 0.15) is 0 Å². The van der Waals surface area contributed by atoms with E-state index in [1.807, 2.05) is 18.3 Å². The van der Waals surface area contributed by atoms with Gasteiger partial charge in [-0.05, 0) is 23.6 Å². The Labute approximate surface area is 123 Å². The van der Waals surface area contributed by atoms with Crippen LogP contribution in [0.1, 0.15) is 16.8 Å². The van der Waals surface area contributed by atoms with E-state index in [2.05, 4.69) is 19.9 Å². The number of aromatic nitrogens is 3. The first-order chi connectivity index (χ1) is 10.0. The molecule has 7 heteroatoms. The highest BCUT2D eigenvalue weighted by Crippen LogP contribution is 2.19. The molecule has 0 unspecified atom stereocenters. The molecule has 1 aliphatic rings. The van der Waals surface area contributed by atoms with Crippen molar-refractivity contribution in [2.75, 3.05) is 12.8 Å². The Morgan fingerprint density at radius 1 is 1.33 bits per heavy atom. The van der Waals surface area contributed by atoms with Crippen molar-refractivity contribution in [1.82, 2.24) is 19.9 Å². The van der Waals surface area contributed by atoms with Crippen molar-refractivity contribution >= 4 is 9.84 Å². The maximum atomic E-state index is 11.5. The number of nitrogens with zero attached hydrogens (tertiary/aromatic N) is 4. The Bertz CT molecular complexity index is 747. The lowest BCUT2D eigenvalue weighted by Crippen LogP contribution is -2.31. The van der Waals surface area contributed by atoms with E-state index >= 15 is 0 Å². The Kier molecular flexibility index (Phi) is 3.69. The number of sulfone groups is 1. The molecule has 2 aromatic heterocycles. The topological polar surface area (TPSA) is 76.1 Å². The van der Waals surface area contributed by atoms with Crippen LogP contribution in [0.15, 0.2) is 35.9 Å². The summed E-state index contributed by atoms with van der Waals surface area (Å²) in [4.78, 5) is 14.5. The summed E-state index contributed by atoms with van der Waals surface area (Å²) in [6, 6.07) is 3.95. The summed E-state index contributed by atoms with van der Waals surface area (Å²) in [7, 11) is -3.36. The van der Waals surface area contributed by atoms with Crippen LogP contribution in [0.3, 0.4) is 0 Å². The van der Waals surface area contributed by atoms with E-state index in [1.165, 1.54) is 0 Å². The highest BCUT2D eigenvalue weighted by atomic mass is 32.2. The van der Waals surface area contributed by atoms with Crippen molar-refractivity contribution in [1.29, 1.82) is 0 Å². The molecule has 110 valence electrons. The van der Waals surface area contributed by atoms with Crippen molar-refractivity contribution < 1.29 is 8.42 Å². The minimum absolute atomic E-state index is 0.0931. The molecule has 0 spiro atoms. The summed E-state index contributed by atoms with van der Waals surface area (Å²) in [5, 5.41) is -0.0931. The molecule has 0 bridgehead atoms. The van der Waals surface area contributed by atoms with Gasteiger partial charge in [0, 0.05) is 44.5 Å². The van der Waals surface area contributed by atoms with Gasteiger partial charge in [-0.15, -0.1) is 0 Å². The molecule has 0 saturated heterocycles. The largest absolute Gasteiger partial charge is 0.293 e. The van der Waals surface area contributed by atoms with E-state index in [1.54, 1.807) is 12.4 Å². The van der Waals surface area contributed by atoms with Crippen LogP contribution in [0.5, 0.6) is 0 Å². The van der Waals surface area contributed by atoms with Gasteiger partial charge < -0.3 is 0 Å². The van der Waals surface area contributed by atoms with Crippen molar-refractivity contribution in [3.8, 4) is 0 Å². The van der Waals surface area contributed by atoms with Gasteiger partial charge in [-0.2, -0.15) is 0 Å². The van der Waals surface area contributed by atoms with Crippen LogP contribution >= 0.6 is 0 Å². The SMILES string of the molecule is CS(=O)(=O)c1ncc2c(n1)CN(Cc1cccnc1)CC2. The van der Waals surface area contributed by atoms with Crippen molar-refractivity contribution in [2.45, 2.75) is 24.7 Å². The van der Waals surface area contributed by atoms with Crippen LogP contribution in [-0.2, 0) is 29.3 Å². The quantitative estimate of drug-likeness (QED) is 0.782. The fourth-order valence-corrected chi connectivity index (χ4v) is 2.92. The zero-order valence-electron chi connectivity index (χ0n) is 11.7. The molecule has 0 amide bonds. The molecule has 1 aliphatic heterocycles. The first-order valence-electron chi connectivity index (χ1n) is 6.68. The number of pyridine rings is 1. The molecule has 0 aromatic carbocycles. The summed E-state index contributed by atoms with van der Waals surface area (Å²) in [5.74, 6) is 0. The third-order valence-electron chi connectivity index (χ3n) is 3.46. The van der Waals surface area contributed by atoms with Gasteiger partial charge >= 0.3 is 0 Å². The normalized spacial score (nSPS) is 15.7. The molecule has 3 heterocycles. The van der Waals surface area contributed by atoms with Crippen LogP contribution in [0.4, 0.5) is 0 Å². The second-order valence-electron chi connectivity index (χ2n) is 5.22. The van der Waals surface area contributed by atoms with E-state index in [0.717, 1.165) is 42.6 Å². The maximum Gasteiger partial charge on any atom is 0.247 e. The summed E-state index contributed by atoms with van der Waals surface area (Å²) < 4.78 is 23.1. The molecule has 0 saturated carbocycles. The fraction of sp³-hybridized carbons (Fsp3) is 0.357. The van der Waals surface area contributed by atoms with Crippen molar-refractivity contribution in [3.05, 3.63) is 47.5 Å². The van der Waals surface area contributed by atoms with Gasteiger partial charge in [0.05, 0.1) is 5.69 Å². The lowest BCUT2D eigenvalue weighted by atomic mass is 10.1. The molecule has 2 aromatic rings. The van der Waals surface area contributed by atoms with Crippen LogP contribution in [0.25, 0.3) is 0 Å². The number of fused-ring (bicyclic) bond motifs is 1.